The Kier molecular flexibility index (Phi) is 4.61. The zero-order valence-corrected chi connectivity index (χ0v) is 11.3. The number of anilines is 1. The van der Waals surface area contributed by atoms with Crippen LogP contribution in [0.2, 0.25) is 5.02 Å². The maximum Gasteiger partial charge on any atom is 0.150 e. The number of nitrogens with zero attached hydrogens (tertiary/aromatic N) is 1. The lowest BCUT2D eigenvalue weighted by Gasteiger charge is -2.29. The molecule has 0 bridgehead atoms. The molecular formula is C14H18ClNO2. The maximum absolute atomic E-state index is 10.7. The molecule has 0 aromatic heterocycles. The van der Waals surface area contributed by atoms with E-state index in [1.807, 2.05) is 13.1 Å². The van der Waals surface area contributed by atoms with Gasteiger partial charge >= 0.3 is 0 Å². The number of benzene rings is 1. The van der Waals surface area contributed by atoms with Crippen LogP contribution in [0.25, 0.3) is 0 Å². The van der Waals surface area contributed by atoms with Crippen molar-refractivity contribution >= 4 is 23.6 Å². The normalized spacial score (nSPS) is 19.6. The summed E-state index contributed by atoms with van der Waals surface area (Å²) in [5.41, 5.74) is 1.54. The molecule has 1 heterocycles. The Labute approximate surface area is 113 Å². The largest absolute Gasteiger partial charge is 0.376 e. The van der Waals surface area contributed by atoms with Crippen molar-refractivity contribution in [1.82, 2.24) is 0 Å². The van der Waals surface area contributed by atoms with Gasteiger partial charge in [-0.3, -0.25) is 4.79 Å². The number of carbonyl (C=O) groups is 1. The van der Waals surface area contributed by atoms with Gasteiger partial charge in [-0.1, -0.05) is 11.6 Å². The number of likely N-dealkylation sites (N-methyl/N-ethyl adjacent to an activating group) is 1. The van der Waals surface area contributed by atoms with Crippen molar-refractivity contribution < 1.29 is 9.53 Å². The van der Waals surface area contributed by atoms with E-state index in [1.54, 1.807) is 12.1 Å². The molecule has 0 amide bonds. The summed E-state index contributed by atoms with van der Waals surface area (Å²) in [4.78, 5) is 12.8. The summed E-state index contributed by atoms with van der Waals surface area (Å²) in [6.45, 7) is 1.69. The lowest BCUT2D eigenvalue weighted by molar-refractivity contribution is 0.0216. The molecule has 1 saturated heterocycles. The topological polar surface area (TPSA) is 29.5 Å². The highest BCUT2D eigenvalue weighted by atomic mass is 35.5. The van der Waals surface area contributed by atoms with Crippen LogP contribution in [0.4, 0.5) is 5.69 Å². The van der Waals surface area contributed by atoms with Crippen molar-refractivity contribution in [2.24, 2.45) is 0 Å². The average Bonchev–Trinajstić information content (AvgIpc) is 2.39. The summed E-state index contributed by atoms with van der Waals surface area (Å²) < 4.78 is 5.71. The number of hydrogen-bond acceptors (Lipinski definition) is 3. The quantitative estimate of drug-likeness (QED) is 0.785. The van der Waals surface area contributed by atoms with Gasteiger partial charge in [-0.15, -0.1) is 0 Å². The van der Waals surface area contributed by atoms with Crippen LogP contribution >= 0.6 is 11.6 Å². The second-order valence-electron chi connectivity index (χ2n) is 4.70. The van der Waals surface area contributed by atoms with Crippen molar-refractivity contribution in [3.8, 4) is 0 Å². The summed E-state index contributed by atoms with van der Waals surface area (Å²) in [7, 11) is 2.00. The van der Waals surface area contributed by atoms with Crippen LogP contribution in [0.5, 0.6) is 0 Å². The molecule has 18 heavy (non-hydrogen) atoms. The van der Waals surface area contributed by atoms with Crippen molar-refractivity contribution in [2.75, 3.05) is 25.1 Å². The molecule has 1 fully saturated rings. The molecule has 98 valence electrons. The van der Waals surface area contributed by atoms with E-state index in [4.69, 9.17) is 16.3 Å². The molecule has 1 aromatic carbocycles. The second-order valence-corrected chi connectivity index (χ2v) is 5.11. The first-order chi connectivity index (χ1) is 8.70. The Morgan fingerprint density at radius 2 is 2.33 bits per heavy atom. The molecule has 0 radical (unpaired) electrons. The Balaban J connectivity index is 2.03. The fourth-order valence-corrected chi connectivity index (χ4v) is 2.59. The van der Waals surface area contributed by atoms with Gasteiger partial charge < -0.3 is 9.64 Å². The molecule has 1 unspecified atom stereocenters. The molecular weight excluding hydrogens is 250 g/mol. The van der Waals surface area contributed by atoms with Crippen LogP contribution in [-0.2, 0) is 4.74 Å². The first-order valence-electron chi connectivity index (χ1n) is 6.28. The van der Waals surface area contributed by atoms with E-state index in [-0.39, 0.29) is 6.10 Å². The van der Waals surface area contributed by atoms with Gasteiger partial charge in [-0.2, -0.15) is 0 Å². The molecule has 0 saturated carbocycles. The average molecular weight is 268 g/mol. The zero-order valence-electron chi connectivity index (χ0n) is 10.6. The standard InChI is InChI=1S/C14H18ClNO2/c1-16(9-12-4-2-3-7-18-12)14-6-5-11(10-17)8-13(14)15/h5-6,8,10,12H,2-4,7,9H2,1H3. The van der Waals surface area contributed by atoms with Gasteiger partial charge in [0.1, 0.15) is 6.29 Å². The lowest BCUT2D eigenvalue weighted by Crippen LogP contribution is -2.33. The van der Waals surface area contributed by atoms with Gasteiger partial charge in [0.25, 0.3) is 0 Å². The van der Waals surface area contributed by atoms with Crippen molar-refractivity contribution in [3.05, 3.63) is 28.8 Å². The predicted octanol–water partition coefficient (Wildman–Crippen LogP) is 3.16. The van der Waals surface area contributed by atoms with Gasteiger partial charge in [0.05, 0.1) is 16.8 Å². The third-order valence-corrected chi connectivity index (χ3v) is 3.57. The van der Waals surface area contributed by atoms with Gasteiger partial charge in [-0.25, -0.2) is 0 Å². The fourth-order valence-electron chi connectivity index (χ4n) is 2.26. The number of halogens is 1. The summed E-state index contributed by atoms with van der Waals surface area (Å²) in [6, 6.07) is 5.36. The van der Waals surface area contributed by atoms with Crippen molar-refractivity contribution in [1.29, 1.82) is 0 Å². The summed E-state index contributed by atoms with van der Waals surface area (Å²) in [5, 5.41) is 0.609. The highest BCUT2D eigenvalue weighted by Crippen LogP contribution is 2.26. The number of rotatable bonds is 4. The van der Waals surface area contributed by atoms with Crippen LogP contribution in [0, 0.1) is 0 Å². The molecule has 0 N–H and O–H groups in total. The number of ether oxygens (including phenoxy) is 1. The molecule has 0 spiro atoms. The SMILES string of the molecule is CN(CC1CCCCO1)c1ccc(C=O)cc1Cl. The molecule has 0 aliphatic carbocycles. The molecule has 1 aromatic rings. The van der Waals surface area contributed by atoms with Crippen LogP contribution in [0.15, 0.2) is 18.2 Å². The Morgan fingerprint density at radius 3 is 2.94 bits per heavy atom. The number of hydrogen-bond donors (Lipinski definition) is 0. The molecule has 2 rings (SSSR count). The smallest absolute Gasteiger partial charge is 0.150 e. The molecule has 4 heteroatoms. The van der Waals surface area contributed by atoms with E-state index >= 15 is 0 Å². The highest BCUT2D eigenvalue weighted by molar-refractivity contribution is 6.33. The Hall–Kier alpha value is -1.06. The molecule has 1 aliphatic heterocycles. The van der Waals surface area contributed by atoms with Crippen LogP contribution < -0.4 is 4.90 Å². The zero-order chi connectivity index (χ0) is 13.0. The van der Waals surface area contributed by atoms with E-state index in [9.17, 15) is 4.79 Å². The van der Waals surface area contributed by atoms with Crippen molar-refractivity contribution in [3.63, 3.8) is 0 Å². The van der Waals surface area contributed by atoms with Gasteiger partial charge in [-0.05, 0) is 37.5 Å². The van der Waals surface area contributed by atoms with E-state index in [1.165, 1.54) is 6.42 Å². The third kappa shape index (κ3) is 3.24. The minimum atomic E-state index is 0.283. The first kappa shape index (κ1) is 13.4. The van der Waals surface area contributed by atoms with Gasteiger partial charge in [0.2, 0.25) is 0 Å². The fraction of sp³-hybridized carbons (Fsp3) is 0.500. The summed E-state index contributed by atoms with van der Waals surface area (Å²) in [6.07, 6.45) is 4.59. The first-order valence-corrected chi connectivity index (χ1v) is 6.66. The van der Waals surface area contributed by atoms with E-state index in [0.717, 1.165) is 38.0 Å². The van der Waals surface area contributed by atoms with Crippen LogP contribution in [0.3, 0.4) is 0 Å². The van der Waals surface area contributed by atoms with Gasteiger partial charge in [0, 0.05) is 25.8 Å². The monoisotopic (exact) mass is 267 g/mol. The number of carbonyl (C=O) groups excluding carboxylic acids is 1. The maximum atomic E-state index is 10.7. The lowest BCUT2D eigenvalue weighted by atomic mass is 10.1. The second kappa shape index (κ2) is 6.21. The Morgan fingerprint density at radius 1 is 1.50 bits per heavy atom. The molecule has 1 aliphatic rings. The number of aldehydes is 1. The highest BCUT2D eigenvalue weighted by Gasteiger charge is 2.17. The summed E-state index contributed by atoms with van der Waals surface area (Å²) >= 11 is 6.18. The van der Waals surface area contributed by atoms with E-state index in [0.29, 0.717) is 10.6 Å². The minimum Gasteiger partial charge on any atom is -0.376 e. The summed E-state index contributed by atoms with van der Waals surface area (Å²) in [5.74, 6) is 0. The van der Waals surface area contributed by atoms with E-state index < -0.39 is 0 Å². The molecule has 3 nitrogen and oxygen atoms in total. The van der Waals surface area contributed by atoms with Crippen LogP contribution in [-0.4, -0.2) is 32.6 Å². The minimum absolute atomic E-state index is 0.283. The van der Waals surface area contributed by atoms with Gasteiger partial charge in [0.15, 0.2) is 0 Å². The Bertz CT molecular complexity index is 416. The van der Waals surface area contributed by atoms with E-state index in [2.05, 4.69) is 4.90 Å². The van der Waals surface area contributed by atoms with Crippen LogP contribution in [0.1, 0.15) is 29.6 Å². The predicted molar refractivity (Wildman–Crippen MR) is 73.7 cm³/mol. The molecule has 1 atom stereocenters. The third-order valence-electron chi connectivity index (χ3n) is 3.27. The van der Waals surface area contributed by atoms with Crippen molar-refractivity contribution in [2.45, 2.75) is 25.4 Å².